The molecule has 1 saturated heterocycles. The van der Waals surface area contributed by atoms with E-state index in [9.17, 15) is 66.3 Å². The van der Waals surface area contributed by atoms with Gasteiger partial charge in [-0.2, -0.15) is 11.8 Å². The third-order valence-corrected chi connectivity index (χ3v) is 21.0. The van der Waals surface area contributed by atoms with Crippen LogP contribution in [0.5, 0.6) is 0 Å². The largest absolute Gasteiger partial charge is 0.481 e. The lowest BCUT2D eigenvalue weighted by atomic mass is 9.83. The van der Waals surface area contributed by atoms with Gasteiger partial charge in [-0.05, 0) is 111 Å². The van der Waals surface area contributed by atoms with Crippen LogP contribution in [0.3, 0.4) is 0 Å². The maximum absolute atomic E-state index is 14.9. The number of hydrogen-bond acceptors (Lipinski definition) is 16. The van der Waals surface area contributed by atoms with Gasteiger partial charge in [0.25, 0.3) is 0 Å². The molecule has 0 aromatic heterocycles. The number of ketones is 4. The predicted octanol–water partition coefficient (Wildman–Crippen LogP) is 9.25. The first kappa shape index (κ1) is 86.0. The van der Waals surface area contributed by atoms with E-state index in [1.807, 2.05) is 27.7 Å². The van der Waals surface area contributed by atoms with E-state index in [0.717, 1.165) is 12.1 Å². The van der Waals surface area contributed by atoms with Crippen molar-refractivity contribution >= 4 is 88.2 Å². The summed E-state index contributed by atoms with van der Waals surface area (Å²) in [6, 6.07) is 6.29. The van der Waals surface area contributed by atoms with Crippen LogP contribution in [0.2, 0.25) is 0 Å². The predicted molar refractivity (Wildman–Crippen MR) is 380 cm³/mol. The molecule has 2 unspecified atom stereocenters. The molecular formula is C74H112F2N8O16S. The van der Waals surface area contributed by atoms with Gasteiger partial charge in [-0.25, -0.2) is 18.4 Å². The number of thioether (sulfide) groups is 1. The normalized spacial score (nSPS) is 18.0. The smallest absolute Gasteiger partial charge is 0.410 e. The van der Waals surface area contributed by atoms with Crippen molar-refractivity contribution in [3.8, 4) is 0 Å². The molecule has 2 aromatic rings. The van der Waals surface area contributed by atoms with Crippen LogP contribution in [0, 0.1) is 59.0 Å². The number of hydrogen-bond donors (Lipinski definition) is 6. The van der Waals surface area contributed by atoms with Gasteiger partial charge in [-0.3, -0.25) is 47.9 Å². The molecule has 101 heavy (non-hydrogen) atoms. The molecule has 1 aliphatic carbocycles. The van der Waals surface area contributed by atoms with Gasteiger partial charge in [0, 0.05) is 103 Å². The highest BCUT2D eigenvalue weighted by molar-refractivity contribution is 8.00. The van der Waals surface area contributed by atoms with Crippen LogP contribution in [0.25, 0.3) is 0 Å². The van der Waals surface area contributed by atoms with E-state index in [1.54, 1.807) is 75.7 Å². The zero-order valence-corrected chi connectivity index (χ0v) is 62.2. The number of likely N-dealkylation sites (N-methyl/N-ethyl adjacent to an activating group) is 2. The second kappa shape index (κ2) is 42.9. The number of anilines is 1. The average molecular weight is 1440 g/mol. The molecule has 564 valence electrons. The maximum Gasteiger partial charge on any atom is 0.410 e. The van der Waals surface area contributed by atoms with Gasteiger partial charge in [-0.1, -0.05) is 99.8 Å². The first-order chi connectivity index (χ1) is 47.8. The van der Waals surface area contributed by atoms with Crippen molar-refractivity contribution in [1.82, 2.24) is 30.7 Å². The van der Waals surface area contributed by atoms with Crippen molar-refractivity contribution in [2.75, 3.05) is 59.0 Å². The van der Waals surface area contributed by atoms with E-state index in [4.69, 9.17) is 25.1 Å². The number of halogens is 2. The van der Waals surface area contributed by atoms with E-state index in [-0.39, 0.29) is 135 Å². The molecule has 4 rings (SSSR count). The van der Waals surface area contributed by atoms with E-state index in [0.29, 0.717) is 81.3 Å². The fourth-order valence-corrected chi connectivity index (χ4v) is 14.9. The second-order valence-electron chi connectivity index (χ2n) is 28.1. The first-order valence-electron chi connectivity index (χ1n) is 35.7. The number of ether oxygens (including phenoxy) is 3. The number of methoxy groups -OCH3 is 2. The fourth-order valence-electron chi connectivity index (χ4n) is 13.7. The Balaban J connectivity index is 1.35. The van der Waals surface area contributed by atoms with Crippen molar-refractivity contribution in [3.63, 3.8) is 0 Å². The summed E-state index contributed by atoms with van der Waals surface area (Å²) >= 11 is 1.32. The summed E-state index contributed by atoms with van der Waals surface area (Å²) in [5.41, 5.74) is 6.05. The molecule has 1 saturated carbocycles. The number of urea groups is 1. The number of carbonyl (C=O) groups excluding carboxylic acids is 11. The minimum atomic E-state index is -0.994. The zero-order chi connectivity index (χ0) is 75.4. The maximum atomic E-state index is 14.9. The van der Waals surface area contributed by atoms with Crippen molar-refractivity contribution in [2.45, 2.75) is 220 Å². The first-order valence-corrected chi connectivity index (χ1v) is 36.7. The van der Waals surface area contributed by atoms with Crippen LogP contribution < -0.4 is 27.0 Å². The van der Waals surface area contributed by atoms with E-state index < -0.39 is 113 Å². The number of carbonyl (C=O) groups is 12. The molecule has 8 amide bonds. The summed E-state index contributed by atoms with van der Waals surface area (Å²) < 4.78 is 46.3. The molecule has 2 aliphatic rings. The number of benzene rings is 2. The molecule has 24 nitrogen and oxygen atoms in total. The molecule has 1 heterocycles. The van der Waals surface area contributed by atoms with E-state index in [1.165, 1.54) is 44.0 Å². The Morgan fingerprint density at radius 2 is 1.44 bits per heavy atom. The van der Waals surface area contributed by atoms with Crippen LogP contribution in [0.1, 0.15) is 176 Å². The molecule has 2 fully saturated rings. The lowest BCUT2D eigenvalue weighted by Gasteiger charge is -2.41. The fraction of sp³-hybridized carbons (Fsp3) is 0.676. The molecule has 2 aromatic carbocycles. The average Bonchev–Trinajstić information content (AvgIpc) is 1.77. The minimum absolute atomic E-state index is 0.00431. The van der Waals surface area contributed by atoms with Gasteiger partial charge in [-0.15, -0.1) is 0 Å². The monoisotopic (exact) mass is 1440 g/mol. The highest BCUT2D eigenvalue weighted by atomic mass is 32.2. The highest BCUT2D eigenvalue weighted by Gasteiger charge is 2.45. The van der Waals surface area contributed by atoms with Crippen LogP contribution in [0.4, 0.5) is 24.1 Å². The number of nitrogens with two attached hydrogens (primary N) is 1. The van der Waals surface area contributed by atoms with Gasteiger partial charge in [0.1, 0.15) is 24.0 Å². The zero-order valence-electron chi connectivity index (χ0n) is 61.4. The Morgan fingerprint density at radius 1 is 0.762 bits per heavy atom. The number of rotatable bonds is 45. The number of aliphatic carboxylic acids is 1. The number of nitrogens with zero attached hydrogens (tertiary/aromatic N) is 3. The molecule has 0 radical (unpaired) electrons. The van der Waals surface area contributed by atoms with Gasteiger partial charge in [0.05, 0.1) is 59.9 Å². The molecule has 12 atom stereocenters. The number of carboxylic acid groups (broad SMARTS) is 1. The number of unbranched alkanes of at least 4 members (excludes halogenated alkanes) is 2. The standard InChI is InChI=1S/C74H112F2N8O16S/c1-14-46(8)67(60(98-12)41-63(89)84-36-20-26-56(84)69(99-13)47(9)70(93)78-35-33-51-54(75)24-18-25-55(51)76)82(10)72(95)53(43(2)3)39-59(87)66(45(6)7)83(11)74(97)100-42-48-29-31-50(32-30-48)80-71(94)49(22-19-34-79-73(77)96)38-58(86)65(44(4)5)81-62(88)27-17-15-16-23-52-57(85)40-61(68(52)92)101-37-21-28-64(90)91/h18,24-25,29-32,43-47,49,52-53,56,60-61,65-67,69H,14-17,19-23,26-28,33-42H2,1-13H3,(H,78,93)(H,80,94)(H,81,88)(H,90,91)(H3,77,79,96)/t46-,47+,49+,52?,53-,56-,60+,61?,65-,66-,67-,69+/m0/s1. The molecule has 1 aliphatic heterocycles. The third-order valence-electron chi connectivity index (χ3n) is 19.7. The van der Waals surface area contributed by atoms with Crippen LogP contribution in [-0.2, 0) is 75.2 Å². The minimum Gasteiger partial charge on any atom is -0.481 e. The quantitative estimate of drug-likeness (QED) is 0.0266. The molecule has 0 spiro atoms. The number of nitrogens with one attached hydrogen (secondary N) is 4. The Labute approximate surface area is 598 Å². The number of primary amides is 1. The molecule has 0 bridgehead atoms. The Bertz CT molecular complexity index is 3100. The summed E-state index contributed by atoms with van der Waals surface area (Å²) in [7, 11) is 6.07. The molecular weight excluding hydrogens is 1330 g/mol. The number of likely N-dealkylation sites (tertiary alicyclic amines) is 1. The SMILES string of the molecule is CC[C@H](C)[C@@H]([C@@H](CC(=O)N1CCC[C@H]1[C@H](OC)[C@@H](C)C(=O)NCCc1c(F)cccc1F)OC)N(C)C(=O)[C@@H](CC(=O)[C@H](C(C)C)N(C)C(=O)OCc1ccc(NC(=O)[C@H](CCCNC(N)=O)CC(=O)[C@@H](NC(=O)CCCCCC2C(=O)CC(SCCCC(=O)O)C2=O)C(C)C)cc1)C(C)C. The number of carboxylic acids is 1. The summed E-state index contributed by atoms with van der Waals surface area (Å²) in [4.78, 5) is 165. The molecule has 7 N–H and O–H groups in total. The number of amides is 8. The summed E-state index contributed by atoms with van der Waals surface area (Å²) in [5, 5.41) is 19.4. The van der Waals surface area contributed by atoms with E-state index in [2.05, 4.69) is 21.3 Å². The van der Waals surface area contributed by atoms with Crippen molar-refractivity contribution in [3.05, 3.63) is 65.2 Å². The van der Waals surface area contributed by atoms with Crippen molar-refractivity contribution in [2.24, 2.45) is 53.1 Å². The van der Waals surface area contributed by atoms with E-state index >= 15 is 0 Å². The van der Waals surface area contributed by atoms with Crippen molar-refractivity contribution in [1.29, 1.82) is 0 Å². The van der Waals surface area contributed by atoms with Crippen LogP contribution in [0.15, 0.2) is 42.5 Å². The van der Waals surface area contributed by atoms with Gasteiger partial charge in [0.15, 0.2) is 17.3 Å². The van der Waals surface area contributed by atoms with Gasteiger partial charge < -0.3 is 61.0 Å². The Kier molecular flexibility index (Phi) is 36.5. The summed E-state index contributed by atoms with van der Waals surface area (Å²) in [6.07, 6.45) is 1.93. The van der Waals surface area contributed by atoms with Crippen molar-refractivity contribution < 1.29 is 85.6 Å². The Hall–Kier alpha value is -7.39. The second-order valence-corrected chi connectivity index (χ2v) is 29.4. The summed E-state index contributed by atoms with van der Waals surface area (Å²) in [5.74, 6) is -9.09. The Morgan fingerprint density at radius 3 is 2.03 bits per heavy atom. The highest BCUT2D eigenvalue weighted by Crippen LogP contribution is 2.34. The van der Waals surface area contributed by atoms with Crippen LogP contribution in [-0.4, -0.2) is 186 Å². The van der Waals surface area contributed by atoms with Gasteiger partial charge in [0.2, 0.25) is 29.5 Å². The van der Waals surface area contributed by atoms with Gasteiger partial charge >= 0.3 is 18.1 Å². The van der Waals surface area contributed by atoms with Crippen LogP contribution >= 0.6 is 11.8 Å². The lowest BCUT2D eigenvalue weighted by Crippen LogP contribution is -2.54. The number of Topliss-reactive ketones (excluding diaryl/α,β-unsaturated/α-hetero) is 4. The third kappa shape index (κ3) is 26.4. The molecule has 27 heteroatoms. The summed E-state index contributed by atoms with van der Waals surface area (Å²) in [6.45, 7) is 16.8. The topological polar surface area (TPSA) is 337 Å². The lowest BCUT2D eigenvalue weighted by molar-refractivity contribution is -0.149.